The molecular formula is C12H14N6. The molecule has 6 heteroatoms. The zero-order valence-electron chi connectivity index (χ0n) is 10.5. The minimum atomic E-state index is 0.445. The summed E-state index contributed by atoms with van der Waals surface area (Å²) in [7, 11) is 0. The number of aromatic nitrogens is 5. The molecular weight excluding hydrogens is 228 g/mol. The molecule has 6 nitrogen and oxygen atoms in total. The normalized spacial score (nSPS) is 11.3. The lowest BCUT2D eigenvalue weighted by Crippen LogP contribution is -2.07. The lowest BCUT2D eigenvalue weighted by Gasteiger charge is -2.06. The van der Waals surface area contributed by atoms with E-state index in [9.17, 15) is 0 Å². The molecule has 0 unspecified atom stereocenters. The number of nitrogen functional groups attached to an aromatic ring is 1. The van der Waals surface area contributed by atoms with Crippen LogP contribution in [0.4, 0.5) is 5.82 Å². The third-order valence-electron chi connectivity index (χ3n) is 3.23. The minimum Gasteiger partial charge on any atom is -0.382 e. The lowest BCUT2D eigenvalue weighted by atomic mass is 10.2. The number of hydrogen-bond acceptors (Lipinski definition) is 4. The van der Waals surface area contributed by atoms with E-state index in [4.69, 9.17) is 5.73 Å². The molecule has 18 heavy (non-hydrogen) atoms. The van der Waals surface area contributed by atoms with Crippen LogP contribution in [0.3, 0.4) is 0 Å². The Bertz CT molecular complexity index is 736. The van der Waals surface area contributed by atoms with Crippen LogP contribution in [0.1, 0.15) is 17.0 Å². The third-order valence-corrected chi connectivity index (χ3v) is 3.23. The Morgan fingerprint density at radius 3 is 2.67 bits per heavy atom. The van der Waals surface area contributed by atoms with Crippen molar-refractivity contribution in [1.82, 2.24) is 24.1 Å². The van der Waals surface area contributed by atoms with Crippen LogP contribution in [-0.2, 0) is 0 Å². The van der Waals surface area contributed by atoms with Gasteiger partial charge in [-0.2, -0.15) is 5.10 Å². The van der Waals surface area contributed by atoms with Crippen LogP contribution in [0.25, 0.3) is 11.5 Å². The highest BCUT2D eigenvalue weighted by atomic mass is 15.3. The Hall–Kier alpha value is -2.37. The fraction of sp³-hybridized carbons (Fsp3) is 0.250. The van der Waals surface area contributed by atoms with Crippen molar-refractivity contribution < 1.29 is 0 Å². The molecule has 0 aromatic carbocycles. The quantitative estimate of drug-likeness (QED) is 0.700. The zero-order chi connectivity index (χ0) is 12.9. The van der Waals surface area contributed by atoms with E-state index in [0.29, 0.717) is 11.6 Å². The number of hydrogen-bond donors (Lipinski definition) is 1. The molecule has 3 aromatic heterocycles. The average Bonchev–Trinajstić information content (AvgIpc) is 2.88. The first-order chi connectivity index (χ1) is 8.58. The second-order valence-electron chi connectivity index (χ2n) is 4.36. The maximum Gasteiger partial charge on any atom is 0.199 e. The summed E-state index contributed by atoms with van der Waals surface area (Å²) in [6.45, 7) is 6.04. The molecule has 0 atom stereocenters. The molecule has 3 heterocycles. The number of fused-ring (bicyclic) bond motifs is 1. The second kappa shape index (κ2) is 3.56. The Labute approximate surface area is 104 Å². The van der Waals surface area contributed by atoms with Gasteiger partial charge in [0.1, 0.15) is 5.82 Å². The molecule has 0 saturated carbocycles. The van der Waals surface area contributed by atoms with Crippen molar-refractivity contribution in [3.63, 3.8) is 0 Å². The highest BCUT2D eigenvalue weighted by molar-refractivity contribution is 5.57. The van der Waals surface area contributed by atoms with Gasteiger partial charge in [-0.3, -0.25) is 0 Å². The van der Waals surface area contributed by atoms with Crippen molar-refractivity contribution in [1.29, 1.82) is 0 Å². The van der Waals surface area contributed by atoms with Crippen LogP contribution in [-0.4, -0.2) is 24.1 Å². The van der Waals surface area contributed by atoms with Gasteiger partial charge >= 0.3 is 0 Å². The monoisotopic (exact) mass is 242 g/mol. The van der Waals surface area contributed by atoms with E-state index >= 15 is 0 Å². The van der Waals surface area contributed by atoms with Gasteiger partial charge in [0.2, 0.25) is 0 Å². The number of rotatable bonds is 1. The fourth-order valence-electron chi connectivity index (χ4n) is 2.00. The van der Waals surface area contributed by atoms with E-state index in [1.165, 1.54) is 0 Å². The largest absolute Gasteiger partial charge is 0.382 e. The van der Waals surface area contributed by atoms with Crippen molar-refractivity contribution in [3.8, 4) is 5.82 Å². The molecule has 0 radical (unpaired) electrons. The molecule has 2 N–H and O–H groups in total. The molecule has 0 saturated heterocycles. The number of aryl methyl sites for hydroxylation is 1. The number of anilines is 1. The third kappa shape index (κ3) is 1.38. The van der Waals surface area contributed by atoms with E-state index in [1.807, 2.05) is 31.4 Å². The van der Waals surface area contributed by atoms with Crippen LogP contribution in [0.5, 0.6) is 0 Å². The standard InChI is InChI=1S/C12H14N6/c1-7-8(2)16-18(9(7)3)12-11-14-4-5-17(11)6-10(13)15-12/h4-6H,13H2,1-3H3. The summed E-state index contributed by atoms with van der Waals surface area (Å²) in [5, 5.41) is 4.50. The lowest BCUT2D eigenvalue weighted by molar-refractivity contribution is 0.804. The average molecular weight is 242 g/mol. The molecule has 3 rings (SSSR count). The van der Waals surface area contributed by atoms with E-state index in [-0.39, 0.29) is 0 Å². The fourth-order valence-corrected chi connectivity index (χ4v) is 2.00. The summed E-state index contributed by atoms with van der Waals surface area (Å²) >= 11 is 0. The Morgan fingerprint density at radius 1 is 1.22 bits per heavy atom. The predicted molar refractivity (Wildman–Crippen MR) is 68.7 cm³/mol. The molecule has 0 aliphatic heterocycles. The molecule has 0 amide bonds. The summed E-state index contributed by atoms with van der Waals surface area (Å²) in [6.07, 6.45) is 5.30. The smallest absolute Gasteiger partial charge is 0.199 e. The van der Waals surface area contributed by atoms with Gasteiger partial charge < -0.3 is 10.1 Å². The summed E-state index contributed by atoms with van der Waals surface area (Å²) < 4.78 is 3.65. The Balaban J connectivity index is 2.37. The minimum absolute atomic E-state index is 0.445. The number of nitrogens with zero attached hydrogens (tertiary/aromatic N) is 5. The van der Waals surface area contributed by atoms with Crippen molar-refractivity contribution in [2.24, 2.45) is 0 Å². The van der Waals surface area contributed by atoms with Crippen molar-refractivity contribution in [2.75, 3.05) is 5.73 Å². The van der Waals surface area contributed by atoms with E-state index in [0.717, 1.165) is 22.6 Å². The molecule has 0 aliphatic rings. The van der Waals surface area contributed by atoms with Gasteiger partial charge in [0.15, 0.2) is 11.5 Å². The van der Waals surface area contributed by atoms with E-state index < -0.39 is 0 Å². The van der Waals surface area contributed by atoms with Gasteiger partial charge in [-0.05, 0) is 26.3 Å². The van der Waals surface area contributed by atoms with E-state index in [2.05, 4.69) is 15.1 Å². The second-order valence-corrected chi connectivity index (χ2v) is 4.36. The van der Waals surface area contributed by atoms with Gasteiger partial charge in [-0.25, -0.2) is 14.6 Å². The van der Waals surface area contributed by atoms with Crippen LogP contribution in [0, 0.1) is 20.8 Å². The first kappa shape index (κ1) is 10.8. The summed E-state index contributed by atoms with van der Waals surface area (Å²) in [6, 6.07) is 0. The Kier molecular flexibility index (Phi) is 2.13. The number of nitrogens with two attached hydrogens (primary N) is 1. The maximum atomic E-state index is 5.82. The van der Waals surface area contributed by atoms with Crippen molar-refractivity contribution >= 4 is 11.5 Å². The van der Waals surface area contributed by atoms with Crippen molar-refractivity contribution in [2.45, 2.75) is 20.8 Å². The summed E-state index contributed by atoms with van der Waals surface area (Å²) in [5.41, 5.74) is 9.76. The predicted octanol–water partition coefficient (Wildman–Crippen LogP) is 1.42. The Morgan fingerprint density at radius 2 is 2.00 bits per heavy atom. The number of imidazole rings is 1. The molecule has 0 bridgehead atoms. The summed E-state index contributed by atoms with van der Waals surface area (Å²) in [5.74, 6) is 1.11. The van der Waals surface area contributed by atoms with Crippen LogP contribution in [0.2, 0.25) is 0 Å². The van der Waals surface area contributed by atoms with Crippen LogP contribution < -0.4 is 5.73 Å². The van der Waals surface area contributed by atoms with Crippen LogP contribution in [0.15, 0.2) is 18.6 Å². The summed E-state index contributed by atoms with van der Waals surface area (Å²) in [4.78, 5) is 8.65. The molecule has 92 valence electrons. The van der Waals surface area contributed by atoms with Gasteiger partial charge in [-0.1, -0.05) is 0 Å². The molecule has 0 aliphatic carbocycles. The van der Waals surface area contributed by atoms with Gasteiger partial charge in [0, 0.05) is 18.1 Å². The molecule has 0 fully saturated rings. The highest BCUT2D eigenvalue weighted by Crippen LogP contribution is 2.19. The van der Waals surface area contributed by atoms with E-state index in [1.54, 1.807) is 17.1 Å². The SMILES string of the molecule is Cc1nn(-c2nc(N)cn3ccnc23)c(C)c1C. The highest BCUT2D eigenvalue weighted by Gasteiger charge is 2.14. The van der Waals surface area contributed by atoms with Gasteiger partial charge in [0.25, 0.3) is 0 Å². The van der Waals surface area contributed by atoms with Crippen molar-refractivity contribution in [3.05, 3.63) is 35.5 Å². The molecule has 0 spiro atoms. The van der Waals surface area contributed by atoms with Gasteiger partial charge in [-0.15, -0.1) is 0 Å². The zero-order valence-corrected chi connectivity index (χ0v) is 10.5. The molecule has 3 aromatic rings. The van der Waals surface area contributed by atoms with Crippen LogP contribution >= 0.6 is 0 Å². The maximum absolute atomic E-state index is 5.82. The first-order valence-corrected chi connectivity index (χ1v) is 5.70. The first-order valence-electron chi connectivity index (χ1n) is 5.70. The van der Waals surface area contributed by atoms with Gasteiger partial charge in [0.05, 0.1) is 11.9 Å². The topological polar surface area (TPSA) is 74.0 Å².